The highest BCUT2D eigenvalue weighted by Gasteiger charge is 2.29. The lowest BCUT2D eigenvalue weighted by molar-refractivity contribution is 0.497. The molecular formula is C28H35O2PS2. The number of aryl methyl sites for hydroxylation is 2. The fourth-order valence-corrected chi connectivity index (χ4v) is 9.15. The second-order valence-corrected chi connectivity index (χ2v) is 14.6. The number of benzene rings is 3. The van der Waals surface area contributed by atoms with Crippen LogP contribution in [0, 0.1) is 0 Å². The van der Waals surface area contributed by atoms with Crippen LogP contribution in [0.2, 0.25) is 0 Å². The number of unbranched alkanes of at least 4 members (excludes halogenated alkanes) is 2. The molecule has 0 saturated heterocycles. The Morgan fingerprint density at radius 2 is 1.18 bits per heavy atom. The van der Waals surface area contributed by atoms with Gasteiger partial charge in [-0.15, -0.1) is 0 Å². The number of hydrogen-bond acceptors (Lipinski definition) is 4. The number of hydrogen-bond donors (Lipinski definition) is 0. The maximum Gasteiger partial charge on any atom is 0.349 e. The smallest absolute Gasteiger partial charge is 0.349 e. The van der Waals surface area contributed by atoms with E-state index in [0.717, 1.165) is 50.0 Å². The normalized spacial score (nSPS) is 12.3. The van der Waals surface area contributed by atoms with E-state index in [-0.39, 0.29) is 5.25 Å². The third-order valence-corrected chi connectivity index (χ3v) is 10.6. The van der Waals surface area contributed by atoms with Gasteiger partial charge in [0.05, 0.1) is 0 Å². The van der Waals surface area contributed by atoms with E-state index in [0.29, 0.717) is 0 Å². The molecule has 0 amide bonds. The van der Waals surface area contributed by atoms with Gasteiger partial charge in [-0.05, 0) is 84.6 Å². The Morgan fingerprint density at radius 3 is 1.67 bits per heavy atom. The van der Waals surface area contributed by atoms with Crippen LogP contribution in [0.15, 0.2) is 78.9 Å². The van der Waals surface area contributed by atoms with Crippen molar-refractivity contribution in [2.24, 2.45) is 0 Å². The Hall–Kier alpha value is -1.74. The van der Waals surface area contributed by atoms with Crippen LogP contribution in [0.5, 0.6) is 11.5 Å². The summed E-state index contributed by atoms with van der Waals surface area (Å²) in [5.74, 6) is 1.71. The molecule has 1 atom stereocenters. The summed E-state index contributed by atoms with van der Waals surface area (Å²) in [5.41, 5.74) is 0.869. The molecule has 0 bridgehead atoms. The fourth-order valence-electron chi connectivity index (χ4n) is 3.61. The SMILES string of the molecule is CCCCc1ccccc1OP(=S)(Oc1ccccc1CCCC)SC(C)c1ccccc1. The van der Waals surface area contributed by atoms with Crippen molar-refractivity contribution in [3.63, 3.8) is 0 Å². The minimum absolute atomic E-state index is 0.155. The maximum atomic E-state index is 6.65. The van der Waals surface area contributed by atoms with Crippen LogP contribution in [0.25, 0.3) is 0 Å². The highest BCUT2D eigenvalue weighted by atomic mass is 32.9. The molecule has 3 aromatic carbocycles. The first-order valence-electron chi connectivity index (χ1n) is 11.9. The summed E-state index contributed by atoms with van der Waals surface area (Å²) in [6.45, 7) is 6.60. The van der Waals surface area contributed by atoms with E-state index in [1.807, 2.05) is 30.3 Å². The van der Waals surface area contributed by atoms with Crippen LogP contribution in [0.1, 0.15) is 68.4 Å². The fraction of sp³-hybridized carbons (Fsp3) is 0.357. The van der Waals surface area contributed by atoms with Gasteiger partial charge in [0.25, 0.3) is 0 Å². The van der Waals surface area contributed by atoms with E-state index < -0.39 is 5.69 Å². The quantitative estimate of drug-likeness (QED) is 0.218. The molecule has 0 aliphatic rings. The molecule has 3 aromatic rings. The number of para-hydroxylation sites is 2. The average Bonchev–Trinajstić information content (AvgIpc) is 2.83. The Morgan fingerprint density at radius 1 is 0.727 bits per heavy atom. The Kier molecular flexibility index (Phi) is 10.4. The molecule has 0 N–H and O–H groups in total. The van der Waals surface area contributed by atoms with Crippen LogP contribution in [0.4, 0.5) is 0 Å². The van der Waals surface area contributed by atoms with E-state index in [9.17, 15) is 0 Å². The first-order valence-corrected chi connectivity index (χ1v) is 16.0. The molecule has 0 aliphatic heterocycles. The molecule has 0 spiro atoms. The highest BCUT2D eigenvalue weighted by molar-refractivity contribution is 8.68. The molecule has 0 heterocycles. The van der Waals surface area contributed by atoms with Crippen molar-refractivity contribution < 1.29 is 9.05 Å². The van der Waals surface area contributed by atoms with Gasteiger partial charge in [-0.2, -0.15) is 0 Å². The van der Waals surface area contributed by atoms with Crippen molar-refractivity contribution in [2.45, 2.75) is 64.5 Å². The third kappa shape index (κ3) is 7.91. The van der Waals surface area contributed by atoms with E-state index in [2.05, 4.69) is 69.3 Å². The Labute approximate surface area is 209 Å². The van der Waals surface area contributed by atoms with Crippen LogP contribution in [0.3, 0.4) is 0 Å². The van der Waals surface area contributed by atoms with Gasteiger partial charge in [-0.25, -0.2) is 0 Å². The standard InChI is InChI=1S/C28H35O2PS2/c1-4-6-15-25-19-11-13-21-27(25)29-31(32,33-23(3)24-17-9-8-10-18-24)30-28-22-14-12-20-26(28)16-7-5-2/h8-14,17-23H,4-7,15-16H2,1-3H3. The van der Waals surface area contributed by atoms with Crippen LogP contribution < -0.4 is 9.05 Å². The van der Waals surface area contributed by atoms with Crippen LogP contribution in [-0.4, -0.2) is 0 Å². The molecule has 176 valence electrons. The topological polar surface area (TPSA) is 18.5 Å². The molecule has 33 heavy (non-hydrogen) atoms. The monoisotopic (exact) mass is 498 g/mol. The largest absolute Gasteiger partial charge is 0.428 e. The zero-order valence-electron chi connectivity index (χ0n) is 19.9. The van der Waals surface area contributed by atoms with Crippen molar-refractivity contribution in [3.05, 3.63) is 95.6 Å². The maximum absolute atomic E-state index is 6.65. The molecule has 2 nitrogen and oxygen atoms in total. The van der Waals surface area contributed by atoms with Gasteiger partial charge in [0, 0.05) is 5.25 Å². The molecule has 3 rings (SSSR count). The van der Waals surface area contributed by atoms with Crippen LogP contribution >= 0.6 is 17.1 Å². The molecule has 0 aliphatic carbocycles. The molecular weight excluding hydrogens is 463 g/mol. The van der Waals surface area contributed by atoms with Crippen LogP contribution in [-0.2, 0) is 24.6 Å². The van der Waals surface area contributed by atoms with Gasteiger partial charge in [0.1, 0.15) is 11.5 Å². The lowest BCUT2D eigenvalue weighted by Gasteiger charge is -2.27. The van der Waals surface area contributed by atoms with E-state index in [4.69, 9.17) is 20.9 Å². The molecule has 0 saturated carbocycles. The predicted molar refractivity (Wildman–Crippen MR) is 148 cm³/mol. The third-order valence-electron chi connectivity index (χ3n) is 5.52. The van der Waals surface area contributed by atoms with Gasteiger partial charge in [0.15, 0.2) is 0 Å². The summed E-state index contributed by atoms with van der Waals surface area (Å²) in [6.07, 6.45) is 6.49. The molecule has 0 radical (unpaired) electrons. The zero-order chi connectivity index (χ0) is 23.5. The lowest BCUT2D eigenvalue weighted by atomic mass is 10.1. The summed E-state index contributed by atoms with van der Waals surface area (Å²) in [4.78, 5) is 0. The van der Waals surface area contributed by atoms with Gasteiger partial charge in [0.2, 0.25) is 0 Å². The molecule has 5 heteroatoms. The van der Waals surface area contributed by atoms with Gasteiger partial charge in [-0.1, -0.05) is 93.4 Å². The predicted octanol–water partition coefficient (Wildman–Crippen LogP) is 9.55. The minimum Gasteiger partial charge on any atom is -0.428 e. The summed E-state index contributed by atoms with van der Waals surface area (Å²) in [5, 5.41) is 0.155. The van der Waals surface area contributed by atoms with E-state index >= 15 is 0 Å². The average molecular weight is 499 g/mol. The van der Waals surface area contributed by atoms with Gasteiger partial charge >= 0.3 is 5.69 Å². The summed E-state index contributed by atoms with van der Waals surface area (Å²) < 4.78 is 13.3. The van der Waals surface area contributed by atoms with E-state index in [1.165, 1.54) is 16.7 Å². The second kappa shape index (κ2) is 13.2. The summed E-state index contributed by atoms with van der Waals surface area (Å²) in [6, 6.07) is 27.0. The van der Waals surface area contributed by atoms with Crippen molar-refractivity contribution in [1.29, 1.82) is 0 Å². The van der Waals surface area contributed by atoms with Crippen molar-refractivity contribution in [3.8, 4) is 11.5 Å². The molecule has 0 fully saturated rings. The van der Waals surface area contributed by atoms with E-state index in [1.54, 1.807) is 11.4 Å². The Bertz CT molecular complexity index is 981. The molecule has 0 aromatic heterocycles. The van der Waals surface area contributed by atoms with Crippen molar-refractivity contribution >= 4 is 28.9 Å². The summed E-state index contributed by atoms with van der Waals surface area (Å²) in [7, 11) is 0. The lowest BCUT2D eigenvalue weighted by Crippen LogP contribution is -2.03. The van der Waals surface area contributed by atoms with Crippen molar-refractivity contribution in [1.82, 2.24) is 0 Å². The Balaban J connectivity index is 1.93. The highest BCUT2D eigenvalue weighted by Crippen LogP contribution is 2.65. The van der Waals surface area contributed by atoms with Gasteiger partial charge in [-0.3, -0.25) is 0 Å². The van der Waals surface area contributed by atoms with Crippen molar-refractivity contribution in [2.75, 3.05) is 0 Å². The second-order valence-electron chi connectivity index (χ2n) is 8.21. The minimum atomic E-state index is -2.75. The van der Waals surface area contributed by atoms with Gasteiger partial charge < -0.3 is 9.05 Å². The molecule has 1 unspecified atom stereocenters. The summed E-state index contributed by atoms with van der Waals surface area (Å²) >= 11 is 7.85. The first-order chi connectivity index (χ1) is 16.0. The number of rotatable bonds is 13. The first kappa shape index (κ1) is 25.9. The zero-order valence-corrected chi connectivity index (χ0v) is 22.4.